The van der Waals surface area contributed by atoms with E-state index in [1.54, 1.807) is 14.2 Å². The number of anilines is 1. The zero-order valence-corrected chi connectivity index (χ0v) is 16.4. The summed E-state index contributed by atoms with van der Waals surface area (Å²) < 4.78 is 10.9. The number of ether oxygens (including phenoxy) is 2. The molecular formula is C20H23N3O2S. The Morgan fingerprint density at radius 3 is 2.77 bits per heavy atom. The van der Waals surface area contributed by atoms with Crippen molar-refractivity contribution in [3.8, 4) is 11.5 Å². The molecule has 0 bridgehead atoms. The van der Waals surface area contributed by atoms with Gasteiger partial charge in [-0.2, -0.15) is 0 Å². The molecule has 6 heteroatoms. The second kappa shape index (κ2) is 6.76. The summed E-state index contributed by atoms with van der Waals surface area (Å²) in [5, 5.41) is 4.80. The number of benzene rings is 1. The van der Waals surface area contributed by atoms with Gasteiger partial charge in [0.25, 0.3) is 0 Å². The topological polar surface area (TPSA) is 56.3 Å². The lowest BCUT2D eigenvalue weighted by molar-refractivity contribution is 0.397. The summed E-state index contributed by atoms with van der Waals surface area (Å²) in [7, 11) is 3.37. The second-order valence-electron chi connectivity index (χ2n) is 6.63. The average Bonchev–Trinajstić information content (AvgIpc) is 3.21. The van der Waals surface area contributed by atoms with Gasteiger partial charge in [0, 0.05) is 10.4 Å². The second-order valence-corrected chi connectivity index (χ2v) is 7.71. The van der Waals surface area contributed by atoms with Crippen LogP contribution in [0, 0.1) is 6.92 Å². The largest absolute Gasteiger partial charge is 0.497 e. The molecule has 1 N–H and O–H groups in total. The minimum Gasteiger partial charge on any atom is -0.497 e. The zero-order valence-electron chi connectivity index (χ0n) is 15.5. The van der Waals surface area contributed by atoms with E-state index in [0.29, 0.717) is 0 Å². The third kappa shape index (κ3) is 2.88. The molecule has 4 rings (SSSR count). The predicted octanol–water partition coefficient (Wildman–Crippen LogP) is 4.68. The van der Waals surface area contributed by atoms with Crippen LogP contribution in [-0.4, -0.2) is 24.2 Å². The zero-order chi connectivity index (χ0) is 18.3. The summed E-state index contributed by atoms with van der Waals surface area (Å²) in [5.74, 6) is 3.37. The molecule has 0 saturated heterocycles. The number of thiophene rings is 1. The van der Waals surface area contributed by atoms with Gasteiger partial charge in [-0.15, -0.1) is 11.3 Å². The fraction of sp³-hybridized carbons (Fsp3) is 0.400. The van der Waals surface area contributed by atoms with Gasteiger partial charge in [0.1, 0.15) is 28.0 Å². The van der Waals surface area contributed by atoms with E-state index in [1.165, 1.54) is 22.2 Å². The Morgan fingerprint density at radius 1 is 1.15 bits per heavy atom. The SMILES string of the molecule is COc1ccc(OC)c([C@H](C)Nc2nc(C)nc3sc4c(c23)CCC4)c1. The van der Waals surface area contributed by atoms with E-state index < -0.39 is 0 Å². The number of hydrogen-bond acceptors (Lipinski definition) is 6. The van der Waals surface area contributed by atoms with E-state index >= 15 is 0 Å². The quantitative estimate of drug-likeness (QED) is 0.708. The molecule has 0 aliphatic heterocycles. The molecule has 0 radical (unpaired) electrons. The van der Waals surface area contributed by atoms with Gasteiger partial charge in [-0.1, -0.05) is 0 Å². The Balaban J connectivity index is 1.76. The highest BCUT2D eigenvalue weighted by atomic mass is 32.1. The average molecular weight is 369 g/mol. The molecule has 2 aromatic heterocycles. The Hall–Kier alpha value is -2.34. The normalized spacial score (nSPS) is 14.3. The molecule has 0 unspecified atom stereocenters. The third-order valence-corrected chi connectivity index (χ3v) is 6.12. The van der Waals surface area contributed by atoms with Crippen molar-refractivity contribution in [2.45, 2.75) is 39.2 Å². The maximum Gasteiger partial charge on any atom is 0.139 e. The first-order valence-electron chi connectivity index (χ1n) is 8.88. The standard InChI is InChI=1S/C20H23N3O2S/c1-11(15-10-13(24-3)8-9-16(15)25-4)21-19-18-14-6-5-7-17(14)26-20(18)23-12(2)22-19/h8-11H,5-7H2,1-4H3,(H,21,22,23)/t11-/m0/s1. The van der Waals surface area contributed by atoms with E-state index in [4.69, 9.17) is 14.5 Å². The van der Waals surface area contributed by atoms with Gasteiger partial charge in [-0.3, -0.25) is 0 Å². The third-order valence-electron chi connectivity index (χ3n) is 4.93. The summed E-state index contributed by atoms with van der Waals surface area (Å²) in [6, 6.07) is 5.89. The summed E-state index contributed by atoms with van der Waals surface area (Å²) >= 11 is 1.82. The van der Waals surface area contributed by atoms with Crippen molar-refractivity contribution in [1.82, 2.24) is 9.97 Å². The molecule has 1 aliphatic rings. The first-order chi connectivity index (χ1) is 12.6. The Morgan fingerprint density at radius 2 is 2.00 bits per heavy atom. The lowest BCUT2D eigenvalue weighted by Gasteiger charge is -2.19. The highest BCUT2D eigenvalue weighted by molar-refractivity contribution is 7.19. The van der Waals surface area contributed by atoms with Crippen LogP contribution in [0.2, 0.25) is 0 Å². The van der Waals surface area contributed by atoms with Crippen LogP contribution >= 0.6 is 11.3 Å². The van der Waals surface area contributed by atoms with Crippen molar-refractivity contribution < 1.29 is 9.47 Å². The predicted molar refractivity (Wildman–Crippen MR) is 106 cm³/mol. The number of nitrogens with one attached hydrogen (secondary N) is 1. The van der Waals surface area contributed by atoms with E-state index in [9.17, 15) is 0 Å². The number of methoxy groups -OCH3 is 2. The van der Waals surface area contributed by atoms with E-state index in [0.717, 1.165) is 46.4 Å². The maximum atomic E-state index is 5.55. The van der Waals surface area contributed by atoms with Gasteiger partial charge in [-0.25, -0.2) is 9.97 Å². The molecule has 136 valence electrons. The molecular weight excluding hydrogens is 346 g/mol. The molecule has 0 amide bonds. The number of aryl methyl sites for hydroxylation is 3. The minimum atomic E-state index is 0.0227. The molecule has 5 nitrogen and oxygen atoms in total. The lowest BCUT2D eigenvalue weighted by Crippen LogP contribution is -2.11. The fourth-order valence-electron chi connectivity index (χ4n) is 3.67. The molecule has 1 aromatic carbocycles. The lowest BCUT2D eigenvalue weighted by atomic mass is 10.1. The number of aromatic nitrogens is 2. The van der Waals surface area contributed by atoms with Crippen LogP contribution in [-0.2, 0) is 12.8 Å². The number of nitrogens with zero attached hydrogens (tertiary/aromatic N) is 2. The highest BCUT2D eigenvalue weighted by Gasteiger charge is 2.23. The van der Waals surface area contributed by atoms with Crippen molar-refractivity contribution in [3.05, 3.63) is 40.0 Å². The molecule has 2 heterocycles. The molecule has 0 spiro atoms. The van der Waals surface area contributed by atoms with Gasteiger partial charge in [-0.05, 0) is 56.9 Å². The van der Waals surface area contributed by atoms with E-state index in [1.807, 2.05) is 36.5 Å². The summed E-state index contributed by atoms with van der Waals surface area (Å²) in [6.07, 6.45) is 3.51. The van der Waals surface area contributed by atoms with Gasteiger partial charge in [0.05, 0.1) is 25.6 Å². The summed E-state index contributed by atoms with van der Waals surface area (Å²) in [4.78, 5) is 11.9. The summed E-state index contributed by atoms with van der Waals surface area (Å²) in [5.41, 5.74) is 2.47. The van der Waals surface area contributed by atoms with Crippen LogP contribution in [0.25, 0.3) is 10.2 Å². The van der Waals surface area contributed by atoms with Gasteiger partial charge in [0.15, 0.2) is 0 Å². The number of fused-ring (bicyclic) bond motifs is 3. The molecule has 26 heavy (non-hydrogen) atoms. The Labute approximate surface area is 157 Å². The Kier molecular flexibility index (Phi) is 4.44. The van der Waals surface area contributed by atoms with Crippen LogP contribution in [0.1, 0.15) is 41.2 Å². The van der Waals surface area contributed by atoms with Gasteiger partial charge >= 0.3 is 0 Å². The molecule has 1 atom stereocenters. The van der Waals surface area contributed by atoms with Gasteiger partial charge < -0.3 is 14.8 Å². The summed E-state index contributed by atoms with van der Waals surface area (Å²) in [6.45, 7) is 4.07. The molecule has 0 fully saturated rings. The van der Waals surface area contributed by atoms with Crippen molar-refractivity contribution in [2.75, 3.05) is 19.5 Å². The highest BCUT2D eigenvalue weighted by Crippen LogP contribution is 2.40. The number of hydrogen-bond donors (Lipinski definition) is 1. The van der Waals surface area contributed by atoms with Crippen molar-refractivity contribution in [3.63, 3.8) is 0 Å². The maximum absolute atomic E-state index is 5.55. The molecule has 1 aliphatic carbocycles. The van der Waals surface area contributed by atoms with Crippen LogP contribution in [0.4, 0.5) is 5.82 Å². The number of rotatable bonds is 5. The minimum absolute atomic E-state index is 0.0227. The van der Waals surface area contributed by atoms with Crippen LogP contribution in [0.3, 0.4) is 0 Å². The Bertz CT molecular complexity index is 967. The van der Waals surface area contributed by atoms with Crippen LogP contribution in [0.15, 0.2) is 18.2 Å². The first-order valence-corrected chi connectivity index (χ1v) is 9.69. The first kappa shape index (κ1) is 17.1. The van der Waals surface area contributed by atoms with Crippen molar-refractivity contribution in [1.29, 1.82) is 0 Å². The van der Waals surface area contributed by atoms with Crippen LogP contribution < -0.4 is 14.8 Å². The van der Waals surface area contributed by atoms with E-state index in [2.05, 4.69) is 17.2 Å². The van der Waals surface area contributed by atoms with Gasteiger partial charge in [0.2, 0.25) is 0 Å². The van der Waals surface area contributed by atoms with E-state index in [-0.39, 0.29) is 6.04 Å². The monoisotopic (exact) mass is 369 g/mol. The van der Waals surface area contributed by atoms with Crippen molar-refractivity contribution in [2.24, 2.45) is 0 Å². The van der Waals surface area contributed by atoms with Crippen LogP contribution in [0.5, 0.6) is 11.5 Å². The molecule has 3 aromatic rings. The fourth-order valence-corrected chi connectivity index (χ4v) is 4.97. The van der Waals surface area contributed by atoms with Crippen molar-refractivity contribution >= 4 is 27.4 Å². The smallest absolute Gasteiger partial charge is 0.139 e. The molecule has 0 saturated carbocycles.